The second-order valence-corrected chi connectivity index (χ2v) is 7.50. The topological polar surface area (TPSA) is 61.9 Å². The predicted octanol–water partition coefficient (Wildman–Crippen LogP) is 2.66. The van der Waals surface area contributed by atoms with Gasteiger partial charge in [0.15, 0.2) is 0 Å². The number of morpholine rings is 1. The molecule has 0 radical (unpaired) electrons. The number of anilines is 2. The SMILES string of the molecule is C=CC(=O)N1CCC(C(=O)Nc2ccc(N3C[C@@H](C)O[C@@H](C)C3)cc2)CC1. The number of amides is 2. The maximum Gasteiger partial charge on any atom is 0.245 e. The zero-order valence-electron chi connectivity index (χ0n) is 16.2. The van der Waals surface area contributed by atoms with Gasteiger partial charge in [0.1, 0.15) is 0 Å². The minimum Gasteiger partial charge on any atom is -0.372 e. The number of nitrogens with zero attached hydrogens (tertiary/aromatic N) is 2. The summed E-state index contributed by atoms with van der Waals surface area (Å²) in [6.45, 7) is 10.6. The average Bonchev–Trinajstić information content (AvgIpc) is 2.67. The van der Waals surface area contributed by atoms with Gasteiger partial charge in [-0.05, 0) is 57.0 Å². The van der Waals surface area contributed by atoms with Crippen molar-refractivity contribution >= 4 is 23.2 Å². The lowest BCUT2D eigenvalue weighted by Gasteiger charge is -2.37. The summed E-state index contributed by atoms with van der Waals surface area (Å²) in [5.41, 5.74) is 1.95. The highest BCUT2D eigenvalue weighted by atomic mass is 16.5. The molecule has 1 aromatic carbocycles. The summed E-state index contributed by atoms with van der Waals surface area (Å²) in [6.07, 6.45) is 3.14. The molecule has 2 atom stereocenters. The Labute approximate surface area is 161 Å². The van der Waals surface area contributed by atoms with Crippen molar-refractivity contribution in [2.45, 2.75) is 38.9 Å². The first-order valence-electron chi connectivity index (χ1n) is 9.69. The Morgan fingerprint density at radius 1 is 1.11 bits per heavy atom. The van der Waals surface area contributed by atoms with Gasteiger partial charge in [-0.2, -0.15) is 0 Å². The van der Waals surface area contributed by atoms with E-state index < -0.39 is 0 Å². The lowest BCUT2D eigenvalue weighted by atomic mass is 9.95. The number of nitrogens with one attached hydrogen (secondary N) is 1. The lowest BCUT2D eigenvalue weighted by molar-refractivity contribution is -0.130. The Hall–Kier alpha value is -2.34. The summed E-state index contributed by atoms with van der Waals surface area (Å²) in [4.78, 5) is 28.2. The molecular weight excluding hydrogens is 342 g/mol. The number of ether oxygens (including phenoxy) is 1. The molecule has 2 amide bonds. The van der Waals surface area contributed by atoms with Gasteiger partial charge in [0.05, 0.1) is 12.2 Å². The van der Waals surface area contributed by atoms with Crippen LogP contribution in [0.4, 0.5) is 11.4 Å². The normalized spacial score (nSPS) is 23.8. The van der Waals surface area contributed by atoms with Crippen molar-refractivity contribution in [3.05, 3.63) is 36.9 Å². The van der Waals surface area contributed by atoms with Crippen LogP contribution in [0.2, 0.25) is 0 Å². The minimum atomic E-state index is -0.0591. The van der Waals surface area contributed by atoms with Crippen molar-refractivity contribution in [2.75, 3.05) is 36.4 Å². The zero-order chi connectivity index (χ0) is 19.4. The second-order valence-electron chi connectivity index (χ2n) is 7.50. The molecule has 0 bridgehead atoms. The third-order valence-electron chi connectivity index (χ3n) is 5.27. The molecule has 146 valence electrons. The first kappa shape index (κ1) is 19.4. The highest BCUT2D eigenvalue weighted by Crippen LogP contribution is 2.24. The summed E-state index contributed by atoms with van der Waals surface area (Å²) in [7, 11) is 0. The molecule has 2 fully saturated rings. The summed E-state index contributed by atoms with van der Waals surface area (Å²) in [6, 6.07) is 8.00. The number of carbonyl (C=O) groups is 2. The van der Waals surface area contributed by atoms with Gasteiger partial charge >= 0.3 is 0 Å². The Morgan fingerprint density at radius 2 is 1.70 bits per heavy atom. The summed E-state index contributed by atoms with van der Waals surface area (Å²) in [5.74, 6) is -0.0854. The van der Waals surface area contributed by atoms with Gasteiger partial charge < -0.3 is 19.9 Å². The van der Waals surface area contributed by atoms with Crippen LogP contribution < -0.4 is 10.2 Å². The third kappa shape index (κ3) is 4.89. The number of likely N-dealkylation sites (tertiary alicyclic amines) is 1. The number of rotatable bonds is 4. The van der Waals surface area contributed by atoms with Gasteiger partial charge in [-0.1, -0.05) is 6.58 Å². The molecule has 2 heterocycles. The fourth-order valence-corrected chi connectivity index (χ4v) is 3.88. The molecular formula is C21H29N3O3. The summed E-state index contributed by atoms with van der Waals surface area (Å²) >= 11 is 0. The largest absolute Gasteiger partial charge is 0.372 e. The molecule has 0 aliphatic carbocycles. The van der Waals surface area contributed by atoms with E-state index in [9.17, 15) is 9.59 Å². The fourth-order valence-electron chi connectivity index (χ4n) is 3.88. The van der Waals surface area contributed by atoms with Crippen LogP contribution in [0.3, 0.4) is 0 Å². The first-order chi connectivity index (χ1) is 13.0. The van der Waals surface area contributed by atoms with E-state index in [-0.39, 0.29) is 29.9 Å². The molecule has 3 rings (SSSR count). The van der Waals surface area contributed by atoms with Crippen molar-refractivity contribution < 1.29 is 14.3 Å². The van der Waals surface area contributed by atoms with E-state index in [1.807, 2.05) is 24.3 Å². The molecule has 2 aliphatic rings. The number of benzene rings is 1. The second kappa shape index (κ2) is 8.57. The van der Waals surface area contributed by atoms with Gasteiger partial charge in [0, 0.05) is 43.5 Å². The number of hydrogen-bond donors (Lipinski definition) is 1. The fraction of sp³-hybridized carbons (Fsp3) is 0.524. The van der Waals surface area contributed by atoms with E-state index in [0.29, 0.717) is 25.9 Å². The zero-order valence-corrected chi connectivity index (χ0v) is 16.2. The monoisotopic (exact) mass is 371 g/mol. The third-order valence-corrected chi connectivity index (χ3v) is 5.27. The lowest BCUT2D eigenvalue weighted by Crippen LogP contribution is -2.45. The van der Waals surface area contributed by atoms with Gasteiger partial charge in [-0.25, -0.2) is 0 Å². The summed E-state index contributed by atoms with van der Waals surface area (Å²) in [5, 5.41) is 3.01. The Kier molecular flexibility index (Phi) is 6.16. The molecule has 0 aromatic heterocycles. The van der Waals surface area contributed by atoms with Crippen LogP contribution in [0.1, 0.15) is 26.7 Å². The summed E-state index contributed by atoms with van der Waals surface area (Å²) < 4.78 is 5.78. The predicted molar refractivity (Wildman–Crippen MR) is 107 cm³/mol. The van der Waals surface area contributed by atoms with Crippen LogP contribution in [0.15, 0.2) is 36.9 Å². The van der Waals surface area contributed by atoms with Crippen LogP contribution in [-0.2, 0) is 14.3 Å². The van der Waals surface area contributed by atoms with Crippen molar-refractivity contribution in [3.8, 4) is 0 Å². The maximum atomic E-state index is 12.5. The van der Waals surface area contributed by atoms with E-state index in [1.165, 1.54) is 6.08 Å². The molecule has 0 spiro atoms. The van der Waals surface area contributed by atoms with Gasteiger partial charge in [-0.15, -0.1) is 0 Å². The molecule has 2 saturated heterocycles. The van der Waals surface area contributed by atoms with E-state index in [4.69, 9.17) is 4.74 Å². The molecule has 1 aromatic rings. The van der Waals surface area contributed by atoms with Crippen molar-refractivity contribution in [2.24, 2.45) is 5.92 Å². The van der Waals surface area contributed by atoms with Gasteiger partial charge in [-0.3, -0.25) is 9.59 Å². The number of piperidine rings is 1. The van der Waals surface area contributed by atoms with Crippen LogP contribution in [0.25, 0.3) is 0 Å². The quantitative estimate of drug-likeness (QED) is 0.827. The van der Waals surface area contributed by atoms with Crippen molar-refractivity contribution in [1.29, 1.82) is 0 Å². The molecule has 6 nitrogen and oxygen atoms in total. The number of hydrogen-bond acceptors (Lipinski definition) is 4. The van der Waals surface area contributed by atoms with Crippen molar-refractivity contribution in [3.63, 3.8) is 0 Å². The average molecular weight is 371 g/mol. The molecule has 2 aliphatic heterocycles. The van der Waals surface area contributed by atoms with Crippen LogP contribution in [0, 0.1) is 5.92 Å². The maximum absolute atomic E-state index is 12.5. The van der Waals surface area contributed by atoms with Crippen LogP contribution in [-0.4, -0.2) is 55.1 Å². The van der Waals surface area contributed by atoms with Crippen molar-refractivity contribution in [1.82, 2.24) is 4.90 Å². The van der Waals surface area contributed by atoms with E-state index in [2.05, 4.69) is 30.6 Å². The van der Waals surface area contributed by atoms with E-state index >= 15 is 0 Å². The van der Waals surface area contributed by atoms with Gasteiger partial charge in [0.25, 0.3) is 0 Å². The smallest absolute Gasteiger partial charge is 0.245 e. The Morgan fingerprint density at radius 3 is 2.26 bits per heavy atom. The number of carbonyl (C=O) groups excluding carboxylic acids is 2. The van der Waals surface area contributed by atoms with E-state index in [0.717, 1.165) is 24.5 Å². The Balaban J connectivity index is 1.53. The molecule has 0 saturated carbocycles. The molecule has 27 heavy (non-hydrogen) atoms. The molecule has 1 N–H and O–H groups in total. The first-order valence-corrected chi connectivity index (χ1v) is 9.69. The minimum absolute atomic E-state index is 0.0297. The van der Waals surface area contributed by atoms with Crippen LogP contribution >= 0.6 is 0 Å². The highest BCUT2D eigenvalue weighted by molar-refractivity contribution is 5.93. The van der Waals surface area contributed by atoms with Crippen LogP contribution in [0.5, 0.6) is 0 Å². The van der Waals surface area contributed by atoms with Gasteiger partial charge in [0.2, 0.25) is 11.8 Å². The highest BCUT2D eigenvalue weighted by Gasteiger charge is 2.26. The van der Waals surface area contributed by atoms with E-state index in [1.54, 1.807) is 4.90 Å². The molecule has 0 unspecified atom stereocenters. The Bertz CT molecular complexity index is 670. The standard InChI is InChI=1S/C21H29N3O3/c1-4-20(25)23-11-9-17(10-12-23)21(26)22-18-5-7-19(8-6-18)24-13-15(2)27-16(3)14-24/h4-8,15-17H,1,9-14H2,2-3H3,(H,22,26)/t15-,16+. The molecule has 6 heteroatoms.